The zero-order chi connectivity index (χ0) is 26.0. The molecule has 0 aliphatic heterocycles. The van der Waals surface area contributed by atoms with Crippen molar-refractivity contribution in [2.75, 3.05) is 18.1 Å². The van der Waals surface area contributed by atoms with Gasteiger partial charge in [0.2, 0.25) is 11.8 Å². The molecule has 0 saturated heterocycles. The molecular formula is C28H27N3O6. The normalized spacial score (nSPS) is 11.4. The number of benzene rings is 2. The fourth-order valence-corrected chi connectivity index (χ4v) is 3.80. The minimum Gasteiger partial charge on any atom is -0.494 e. The van der Waals surface area contributed by atoms with E-state index in [2.05, 4.69) is 10.6 Å². The van der Waals surface area contributed by atoms with E-state index in [1.54, 1.807) is 66.7 Å². The van der Waals surface area contributed by atoms with E-state index in [4.69, 9.17) is 13.6 Å². The van der Waals surface area contributed by atoms with Crippen molar-refractivity contribution in [3.8, 4) is 5.75 Å². The largest absolute Gasteiger partial charge is 0.494 e. The van der Waals surface area contributed by atoms with Crippen LogP contribution in [0.2, 0.25) is 0 Å². The van der Waals surface area contributed by atoms with E-state index < -0.39 is 23.8 Å². The first-order chi connectivity index (χ1) is 18.1. The lowest BCUT2D eigenvalue weighted by Gasteiger charge is -2.31. The Labute approximate surface area is 214 Å². The molecule has 0 unspecified atom stereocenters. The molecule has 0 fully saturated rings. The van der Waals surface area contributed by atoms with E-state index in [1.165, 1.54) is 23.5 Å². The number of nitrogens with one attached hydrogen (secondary N) is 2. The summed E-state index contributed by atoms with van der Waals surface area (Å²) in [6.45, 7) is 2.07. The average Bonchev–Trinajstić information content (AvgIpc) is 3.64. The standard InChI is InChI=1S/C28H27N3O6/c1-2-35-22-12-6-11-21(17-22)31(25(32)19-30-27(33)24-14-8-16-37-24)26(20-9-4-3-5-10-20)28(34)29-18-23-13-7-15-36-23/h3-17,26H,2,18-19H2,1H3,(H,29,34)(H,30,33)/t26-/m0/s1. The van der Waals surface area contributed by atoms with Crippen molar-refractivity contribution in [3.05, 3.63) is 108 Å². The van der Waals surface area contributed by atoms with Gasteiger partial charge in [-0.05, 0) is 48.9 Å². The molecule has 2 N–H and O–H groups in total. The molecule has 0 aliphatic rings. The molecule has 2 aromatic carbocycles. The minimum absolute atomic E-state index is 0.0773. The van der Waals surface area contributed by atoms with Gasteiger partial charge in [0.15, 0.2) is 5.76 Å². The first-order valence-electron chi connectivity index (χ1n) is 11.8. The number of furan rings is 2. The van der Waals surface area contributed by atoms with E-state index >= 15 is 0 Å². The van der Waals surface area contributed by atoms with Gasteiger partial charge in [-0.3, -0.25) is 19.3 Å². The van der Waals surface area contributed by atoms with Gasteiger partial charge in [0.1, 0.15) is 17.6 Å². The second-order valence-electron chi connectivity index (χ2n) is 7.96. The molecule has 9 heteroatoms. The molecule has 4 aromatic rings. The molecule has 0 bridgehead atoms. The number of ether oxygens (including phenoxy) is 1. The van der Waals surface area contributed by atoms with Crippen molar-refractivity contribution in [1.29, 1.82) is 0 Å². The second kappa shape index (κ2) is 12.3. The Balaban J connectivity index is 1.68. The van der Waals surface area contributed by atoms with Crippen LogP contribution in [0.5, 0.6) is 5.75 Å². The fraction of sp³-hybridized carbons (Fsp3) is 0.179. The second-order valence-corrected chi connectivity index (χ2v) is 7.96. The van der Waals surface area contributed by atoms with E-state index in [9.17, 15) is 14.4 Å². The molecule has 0 aliphatic carbocycles. The van der Waals surface area contributed by atoms with Crippen LogP contribution >= 0.6 is 0 Å². The molecular weight excluding hydrogens is 474 g/mol. The smallest absolute Gasteiger partial charge is 0.287 e. The molecule has 37 heavy (non-hydrogen) atoms. The molecule has 3 amide bonds. The molecule has 4 rings (SSSR count). The summed E-state index contributed by atoms with van der Waals surface area (Å²) < 4.78 is 16.1. The monoisotopic (exact) mass is 501 g/mol. The van der Waals surface area contributed by atoms with E-state index in [0.29, 0.717) is 29.4 Å². The molecule has 0 spiro atoms. The van der Waals surface area contributed by atoms with E-state index in [-0.39, 0.29) is 18.8 Å². The number of nitrogens with zero attached hydrogens (tertiary/aromatic N) is 1. The Bertz CT molecular complexity index is 1300. The topological polar surface area (TPSA) is 114 Å². The maximum atomic E-state index is 13.7. The summed E-state index contributed by atoms with van der Waals surface area (Å²) in [5.74, 6) is -0.276. The van der Waals surface area contributed by atoms with Gasteiger partial charge in [-0.25, -0.2) is 0 Å². The predicted octanol–water partition coefficient (Wildman–Crippen LogP) is 4.09. The molecule has 190 valence electrons. The third-order valence-corrected chi connectivity index (χ3v) is 5.46. The number of hydrogen-bond acceptors (Lipinski definition) is 6. The van der Waals surface area contributed by atoms with Crippen molar-refractivity contribution in [3.63, 3.8) is 0 Å². The minimum atomic E-state index is -1.04. The molecule has 2 heterocycles. The lowest BCUT2D eigenvalue weighted by molar-refractivity contribution is -0.126. The number of carbonyl (C=O) groups excluding carboxylic acids is 3. The van der Waals surface area contributed by atoms with Gasteiger partial charge in [0.05, 0.1) is 32.2 Å². The lowest BCUT2D eigenvalue weighted by atomic mass is 10.0. The van der Waals surface area contributed by atoms with Crippen molar-refractivity contribution in [1.82, 2.24) is 10.6 Å². The van der Waals surface area contributed by atoms with Gasteiger partial charge in [0.25, 0.3) is 5.91 Å². The highest BCUT2D eigenvalue weighted by Crippen LogP contribution is 2.30. The Hall–Kier alpha value is -4.79. The van der Waals surface area contributed by atoms with Crippen LogP contribution in [0.4, 0.5) is 5.69 Å². The SMILES string of the molecule is CCOc1cccc(N(C(=O)CNC(=O)c2ccco2)[C@H](C(=O)NCc2ccco2)c2ccccc2)c1. The van der Waals surface area contributed by atoms with Crippen LogP contribution in [-0.4, -0.2) is 30.9 Å². The van der Waals surface area contributed by atoms with Gasteiger partial charge in [0, 0.05) is 11.8 Å². The van der Waals surface area contributed by atoms with Crippen LogP contribution < -0.4 is 20.3 Å². The first-order valence-corrected chi connectivity index (χ1v) is 11.8. The average molecular weight is 502 g/mol. The van der Waals surface area contributed by atoms with E-state index in [0.717, 1.165) is 0 Å². The van der Waals surface area contributed by atoms with Gasteiger partial charge in [-0.1, -0.05) is 36.4 Å². The number of anilines is 1. The zero-order valence-electron chi connectivity index (χ0n) is 20.3. The van der Waals surface area contributed by atoms with E-state index in [1.807, 2.05) is 13.0 Å². The maximum Gasteiger partial charge on any atom is 0.287 e. The summed E-state index contributed by atoms with van der Waals surface area (Å²) in [5, 5.41) is 5.43. The summed E-state index contributed by atoms with van der Waals surface area (Å²) in [6.07, 6.45) is 2.89. The summed E-state index contributed by atoms with van der Waals surface area (Å²) in [4.78, 5) is 41.1. The van der Waals surface area contributed by atoms with Crippen LogP contribution in [0.1, 0.15) is 34.8 Å². The van der Waals surface area contributed by atoms with Crippen LogP contribution in [0, 0.1) is 0 Å². The number of rotatable bonds is 11. The first kappa shape index (κ1) is 25.3. The highest BCUT2D eigenvalue weighted by molar-refractivity contribution is 6.04. The summed E-state index contributed by atoms with van der Waals surface area (Å²) in [7, 11) is 0. The van der Waals surface area contributed by atoms with Gasteiger partial charge >= 0.3 is 0 Å². The maximum absolute atomic E-state index is 13.7. The molecule has 0 radical (unpaired) electrons. The van der Waals surface area contributed by atoms with Crippen LogP contribution in [0.15, 0.2) is 100 Å². The summed E-state index contributed by atoms with van der Waals surface area (Å²) in [5.41, 5.74) is 1.03. The molecule has 9 nitrogen and oxygen atoms in total. The molecule has 1 atom stereocenters. The van der Waals surface area contributed by atoms with Crippen LogP contribution in [0.25, 0.3) is 0 Å². The van der Waals surface area contributed by atoms with Gasteiger partial charge in [-0.2, -0.15) is 0 Å². The van der Waals surface area contributed by atoms with Crippen molar-refractivity contribution in [2.45, 2.75) is 19.5 Å². The van der Waals surface area contributed by atoms with Crippen LogP contribution in [0.3, 0.4) is 0 Å². The summed E-state index contributed by atoms with van der Waals surface area (Å²) in [6, 6.07) is 21.4. The number of carbonyl (C=O) groups is 3. The zero-order valence-corrected chi connectivity index (χ0v) is 20.3. The van der Waals surface area contributed by atoms with Crippen molar-refractivity contribution < 1.29 is 28.0 Å². The third-order valence-electron chi connectivity index (χ3n) is 5.46. The third kappa shape index (κ3) is 6.46. The molecule has 0 saturated carbocycles. The highest BCUT2D eigenvalue weighted by Gasteiger charge is 2.33. The fourth-order valence-electron chi connectivity index (χ4n) is 3.80. The summed E-state index contributed by atoms with van der Waals surface area (Å²) >= 11 is 0. The lowest BCUT2D eigenvalue weighted by Crippen LogP contribution is -2.47. The van der Waals surface area contributed by atoms with Crippen molar-refractivity contribution >= 4 is 23.4 Å². The number of amides is 3. The van der Waals surface area contributed by atoms with Gasteiger partial charge in [-0.15, -0.1) is 0 Å². The van der Waals surface area contributed by atoms with Crippen molar-refractivity contribution in [2.24, 2.45) is 0 Å². The Morgan fingerprint density at radius 1 is 0.892 bits per heavy atom. The Kier molecular flexibility index (Phi) is 8.38. The number of hydrogen-bond donors (Lipinski definition) is 2. The van der Waals surface area contributed by atoms with Gasteiger partial charge < -0.3 is 24.2 Å². The predicted molar refractivity (Wildman–Crippen MR) is 136 cm³/mol. The Morgan fingerprint density at radius 3 is 2.38 bits per heavy atom. The molecule has 2 aromatic heterocycles. The van der Waals surface area contributed by atoms with Crippen LogP contribution in [-0.2, 0) is 16.1 Å². The highest BCUT2D eigenvalue weighted by atomic mass is 16.5. The Morgan fingerprint density at radius 2 is 1.68 bits per heavy atom. The quantitative estimate of drug-likeness (QED) is 0.320.